The number of aryl methyl sites for hydroxylation is 1. The first kappa shape index (κ1) is 14.0. The monoisotopic (exact) mass is 286 g/mol. The van der Waals surface area contributed by atoms with Gasteiger partial charge in [0, 0.05) is 38.9 Å². The molecule has 0 aliphatic carbocycles. The zero-order chi connectivity index (χ0) is 14.7. The largest absolute Gasteiger partial charge is 0.353 e. The van der Waals surface area contributed by atoms with Gasteiger partial charge in [0.2, 0.25) is 0 Å². The fraction of sp³-hybridized carbons (Fsp3) is 0.533. The maximum atomic E-state index is 4.40. The molecule has 6 nitrogen and oxygen atoms in total. The highest BCUT2D eigenvalue weighted by Gasteiger charge is 2.16. The summed E-state index contributed by atoms with van der Waals surface area (Å²) in [4.78, 5) is 4.63. The topological polar surface area (TPSA) is 50.1 Å². The second-order valence-electron chi connectivity index (χ2n) is 5.51. The van der Waals surface area contributed by atoms with Crippen LogP contribution in [0.4, 0.5) is 5.82 Å². The highest BCUT2D eigenvalue weighted by atomic mass is 15.3. The first-order valence-corrected chi connectivity index (χ1v) is 7.57. The minimum atomic E-state index is 0.888. The third-order valence-electron chi connectivity index (χ3n) is 3.89. The van der Waals surface area contributed by atoms with Crippen LogP contribution in [0.1, 0.15) is 13.3 Å². The zero-order valence-corrected chi connectivity index (χ0v) is 12.7. The molecule has 1 aliphatic heterocycles. The van der Waals surface area contributed by atoms with E-state index in [0.29, 0.717) is 0 Å². The van der Waals surface area contributed by atoms with Crippen LogP contribution < -0.4 is 4.90 Å². The predicted molar refractivity (Wildman–Crippen MR) is 83.3 cm³/mol. The number of rotatable bonds is 4. The lowest BCUT2D eigenvalue weighted by atomic mass is 10.2. The molecule has 1 aliphatic rings. The second-order valence-corrected chi connectivity index (χ2v) is 5.51. The normalized spacial score (nSPS) is 16.4. The third kappa shape index (κ3) is 3.05. The summed E-state index contributed by atoms with van der Waals surface area (Å²) in [6.45, 7) is 7.23. The van der Waals surface area contributed by atoms with E-state index < -0.39 is 0 Å². The Morgan fingerprint density at radius 3 is 2.52 bits per heavy atom. The molecule has 0 amide bonds. The van der Waals surface area contributed by atoms with Gasteiger partial charge in [-0.05, 0) is 31.7 Å². The number of piperazine rings is 1. The van der Waals surface area contributed by atoms with Crippen LogP contribution in [0, 0.1) is 0 Å². The molecule has 0 bridgehead atoms. The lowest BCUT2D eigenvalue weighted by Crippen LogP contribution is -2.44. The summed E-state index contributed by atoms with van der Waals surface area (Å²) < 4.78 is 1.99. The van der Waals surface area contributed by atoms with E-state index in [1.165, 1.54) is 0 Å². The fourth-order valence-corrected chi connectivity index (χ4v) is 2.61. The van der Waals surface area contributed by atoms with E-state index in [2.05, 4.69) is 45.1 Å². The Labute approximate surface area is 125 Å². The number of likely N-dealkylation sites (N-methyl/N-ethyl adjacent to an activating group) is 1. The van der Waals surface area contributed by atoms with Crippen molar-refractivity contribution in [2.24, 2.45) is 0 Å². The van der Waals surface area contributed by atoms with Crippen molar-refractivity contribution in [2.75, 3.05) is 38.1 Å². The van der Waals surface area contributed by atoms with Gasteiger partial charge in [0.05, 0.1) is 5.69 Å². The summed E-state index contributed by atoms with van der Waals surface area (Å²) in [6, 6.07) is 6.11. The molecule has 112 valence electrons. The summed E-state index contributed by atoms with van der Waals surface area (Å²) >= 11 is 0. The van der Waals surface area contributed by atoms with Gasteiger partial charge in [-0.2, -0.15) is 5.10 Å². The van der Waals surface area contributed by atoms with Crippen molar-refractivity contribution in [1.82, 2.24) is 24.9 Å². The van der Waals surface area contributed by atoms with Gasteiger partial charge in [-0.3, -0.25) is 4.68 Å². The minimum absolute atomic E-state index is 0.888. The summed E-state index contributed by atoms with van der Waals surface area (Å²) in [5.74, 6) is 0.966. The van der Waals surface area contributed by atoms with Crippen LogP contribution in [0.15, 0.2) is 24.4 Å². The molecule has 0 radical (unpaired) electrons. The van der Waals surface area contributed by atoms with E-state index in [9.17, 15) is 0 Å². The van der Waals surface area contributed by atoms with Crippen molar-refractivity contribution < 1.29 is 0 Å². The quantitative estimate of drug-likeness (QED) is 0.852. The van der Waals surface area contributed by atoms with Gasteiger partial charge >= 0.3 is 0 Å². The highest BCUT2D eigenvalue weighted by molar-refractivity contribution is 5.55. The van der Waals surface area contributed by atoms with E-state index in [1.807, 2.05) is 23.0 Å². The van der Waals surface area contributed by atoms with E-state index in [1.54, 1.807) is 0 Å². The average molecular weight is 286 g/mol. The molecule has 21 heavy (non-hydrogen) atoms. The first-order valence-electron chi connectivity index (χ1n) is 7.57. The van der Waals surface area contributed by atoms with Crippen LogP contribution >= 0.6 is 0 Å². The minimum Gasteiger partial charge on any atom is -0.353 e. The lowest BCUT2D eigenvalue weighted by Gasteiger charge is -2.32. The van der Waals surface area contributed by atoms with Gasteiger partial charge in [-0.1, -0.05) is 6.92 Å². The number of anilines is 1. The molecule has 0 aromatic carbocycles. The predicted octanol–water partition coefficient (Wildman–Crippen LogP) is 1.50. The van der Waals surface area contributed by atoms with Crippen LogP contribution in [-0.4, -0.2) is 58.1 Å². The van der Waals surface area contributed by atoms with E-state index in [-0.39, 0.29) is 0 Å². The molecule has 3 rings (SSSR count). The summed E-state index contributed by atoms with van der Waals surface area (Å²) in [7, 11) is 2.15. The standard InChI is InChI=1S/C15H22N6/c1-3-8-21-14(6-7-16-21)13-4-5-15(18-17-13)20-11-9-19(2)10-12-20/h4-7H,3,8-12H2,1-2H3. The second kappa shape index (κ2) is 6.22. The molecule has 1 fully saturated rings. The maximum absolute atomic E-state index is 4.40. The Morgan fingerprint density at radius 2 is 1.86 bits per heavy atom. The van der Waals surface area contributed by atoms with Crippen molar-refractivity contribution >= 4 is 5.82 Å². The van der Waals surface area contributed by atoms with Gasteiger partial charge in [0.1, 0.15) is 5.69 Å². The zero-order valence-electron chi connectivity index (χ0n) is 12.7. The molecule has 0 saturated carbocycles. The summed E-state index contributed by atoms with van der Waals surface area (Å²) in [5, 5.41) is 13.1. The van der Waals surface area contributed by atoms with E-state index in [4.69, 9.17) is 0 Å². The fourth-order valence-electron chi connectivity index (χ4n) is 2.61. The molecule has 6 heteroatoms. The number of hydrogen-bond acceptors (Lipinski definition) is 5. The van der Waals surface area contributed by atoms with E-state index >= 15 is 0 Å². The molecule has 0 spiro atoms. The molecule has 0 atom stereocenters. The van der Waals surface area contributed by atoms with Crippen molar-refractivity contribution in [2.45, 2.75) is 19.9 Å². The van der Waals surface area contributed by atoms with Gasteiger partial charge in [-0.15, -0.1) is 10.2 Å². The van der Waals surface area contributed by atoms with Gasteiger partial charge < -0.3 is 9.80 Å². The number of aromatic nitrogens is 4. The molecular formula is C15H22N6. The molecule has 0 unspecified atom stereocenters. The Hall–Kier alpha value is -1.95. The van der Waals surface area contributed by atoms with Crippen LogP contribution in [0.2, 0.25) is 0 Å². The van der Waals surface area contributed by atoms with E-state index in [0.717, 1.165) is 56.4 Å². The maximum Gasteiger partial charge on any atom is 0.151 e. The molecule has 3 heterocycles. The van der Waals surface area contributed by atoms with Crippen LogP contribution in [-0.2, 0) is 6.54 Å². The molecular weight excluding hydrogens is 264 g/mol. The van der Waals surface area contributed by atoms with Crippen molar-refractivity contribution in [1.29, 1.82) is 0 Å². The van der Waals surface area contributed by atoms with Crippen LogP contribution in [0.3, 0.4) is 0 Å². The van der Waals surface area contributed by atoms with Crippen molar-refractivity contribution in [3.63, 3.8) is 0 Å². The van der Waals surface area contributed by atoms with Gasteiger partial charge in [0.25, 0.3) is 0 Å². The average Bonchev–Trinajstić information content (AvgIpc) is 2.97. The first-order chi connectivity index (χ1) is 10.3. The van der Waals surface area contributed by atoms with Crippen LogP contribution in [0.25, 0.3) is 11.4 Å². The van der Waals surface area contributed by atoms with Crippen molar-refractivity contribution in [3.8, 4) is 11.4 Å². The Bertz CT molecular complexity index is 568. The SMILES string of the molecule is CCCn1nccc1-c1ccc(N2CCN(C)CC2)nn1. The molecule has 2 aromatic heterocycles. The van der Waals surface area contributed by atoms with Crippen LogP contribution in [0.5, 0.6) is 0 Å². The molecule has 0 N–H and O–H groups in total. The summed E-state index contributed by atoms with van der Waals surface area (Å²) in [5.41, 5.74) is 1.92. The number of hydrogen-bond donors (Lipinski definition) is 0. The Balaban J connectivity index is 1.76. The summed E-state index contributed by atoms with van der Waals surface area (Å²) in [6.07, 6.45) is 2.88. The van der Waals surface area contributed by atoms with Gasteiger partial charge in [-0.25, -0.2) is 0 Å². The lowest BCUT2D eigenvalue weighted by molar-refractivity contribution is 0.312. The van der Waals surface area contributed by atoms with Crippen molar-refractivity contribution in [3.05, 3.63) is 24.4 Å². The van der Waals surface area contributed by atoms with Gasteiger partial charge in [0.15, 0.2) is 5.82 Å². The molecule has 2 aromatic rings. The third-order valence-corrected chi connectivity index (χ3v) is 3.89. The smallest absolute Gasteiger partial charge is 0.151 e. The Kier molecular flexibility index (Phi) is 4.15. The number of nitrogens with zero attached hydrogens (tertiary/aromatic N) is 6. The highest BCUT2D eigenvalue weighted by Crippen LogP contribution is 2.19. The molecule has 1 saturated heterocycles. The Morgan fingerprint density at radius 1 is 1.05 bits per heavy atom.